The number of carbonyl (C=O) groups is 1. The van der Waals surface area contributed by atoms with Crippen LogP contribution in [0, 0.1) is 0 Å². The maximum atomic E-state index is 11.3. The highest BCUT2D eigenvalue weighted by molar-refractivity contribution is 5.64. The Bertz CT molecular complexity index is 1020. The molecule has 0 saturated heterocycles. The van der Waals surface area contributed by atoms with Crippen molar-refractivity contribution in [3.63, 3.8) is 0 Å². The molecule has 0 bridgehead atoms. The van der Waals surface area contributed by atoms with Crippen molar-refractivity contribution >= 4 is 6.09 Å². The van der Waals surface area contributed by atoms with Crippen LogP contribution in [-0.4, -0.2) is 53.3 Å². The molecule has 178 valence electrons. The summed E-state index contributed by atoms with van der Waals surface area (Å²) in [7, 11) is 0. The normalized spacial score (nSPS) is 14.8. The van der Waals surface area contributed by atoms with Gasteiger partial charge in [-0.3, -0.25) is 4.90 Å². The summed E-state index contributed by atoms with van der Waals surface area (Å²) in [6.45, 7) is 5.15. The summed E-state index contributed by atoms with van der Waals surface area (Å²) in [6, 6.07) is 27.0. The van der Waals surface area contributed by atoms with Crippen molar-refractivity contribution in [1.82, 2.24) is 9.80 Å². The fourth-order valence-corrected chi connectivity index (χ4v) is 4.34. The van der Waals surface area contributed by atoms with Gasteiger partial charge in [0.05, 0.1) is 6.54 Å². The van der Waals surface area contributed by atoms with Crippen LogP contribution in [0.2, 0.25) is 0 Å². The Hall–Kier alpha value is -3.51. The van der Waals surface area contributed by atoms with Crippen LogP contribution < -0.4 is 9.47 Å². The second-order valence-electron chi connectivity index (χ2n) is 8.49. The number of ether oxygens (including phenoxy) is 2. The zero-order valence-corrected chi connectivity index (χ0v) is 19.6. The van der Waals surface area contributed by atoms with Crippen LogP contribution in [0.15, 0.2) is 78.9 Å². The van der Waals surface area contributed by atoms with Gasteiger partial charge in [0.2, 0.25) is 0 Å². The summed E-state index contributed by atoms with van der Waals surface area (Å²) in [4.78, 5) is 15.1. The third kappa shape index (κ3) is 6.08. The standard InChI is InChI=1S/C28H32N2O4/c1-2-29(28(31)32)16-17-33-26-14-9-15-27-25(26)18-24(21-34-27)30(19-22-10-5-3-6-11-22)20-23-12-7-4-8-13-23/h3-15,24H,2,16-21H2,1H3,(H,31,32)/t24-/m0/s1. The van der Waals surface area contributed by atoms with E-state index in [4.69, 9.17) is 9.47 Å². The number of carboxylic acid groups (broad SMARTS) is 1. The summed E-state index contributed by atoms with van der Waals surface area (Å²) in [5.74, 6) is 1.61. The lowest BCUT2D eigenvalue weighted by Crippen LogP contribution is -2.42. The van der Waals surface area contributed by atoms with Crippen LogP contribution in [0.25, 0.3) is 0 Å². The van der Waals surface area contributed by atoms with Crippen LogP contribution >= 0.6 is 0 Å². The molecule has 1 amide bonds. The summed E-state index contributed by atoms with van der Waals surface area (Å²) < 4.78 is 12.2. The Balaban J connectivity index is 1.50. The first-order chi connectivity index (χ1) is 16.6. The molecule has 0 radical (unpaired) electrons. The Morgan fingerprint density at radius 3 is 2.21 bits per heavy atom. The average molecular weight is 461 g/mol. The highest BCUT2D eigenvalue weighted by atomic mass is 16.5. The molecule has 1 atom stereocenters. The number of nitrogens with zero attached hydrogens (tertiary/aromatic N) is 2. The molecule has 3 aromatic rings. The smallest absolute Gasteiger partial charge is 0.407 e. The summed E-state index contributed by atoms with van der Waals surface area (Å²) >= 11 is 0. The van der Waals surface area contributed by atoms with Crippen LogP contribution in [0.1, 0.15) is 23.6 Å². The topological polar surface area (TPSA) is 62.2 Å². The summed E-state index contributed by atoms with van der Waals surface area (Å²) in [5.41, 5.74) is 3.58. The van der Waals surface area contributed by atoms with E-state index in [1.54, 1.807) is 0 Å². The van der Waals surface area contributed by atoms with E-state index in [2.05, 4.69) is 53.4 Å². The van der Waals surface area contributed by atoms with Crippen molar-refractivity contribution in [3.8, 4) is 11.5 Å². The van der Waals surface area contributed by atoms with E-state index < -0.39 is 6.09 Å². The zero-order valence-electron chi connectivity index (χ0n) is 19.6. The molecule has 0 saturated carbocycles. The van der Waals surface area contributed by atoms with Crippen molar-refractivity contribution in [2.24, 2.45) is 0 Å². The Morgan fingerprint density at radius 1 is 0.971 bits per heavy atom. The number of likely N-dealkylation sites (N-methyl/N-ethyl adjacent to an activating group) is 1. The number of hydrogen-bond acceptors (Lipinski definition) is 4. The Labute approximate surface area is 201 Å². The molecule has 4 rings (SSSR count). The molecular formula is C28H32N2O4. The van der Waals surface area contributed by atoms with Crippen molar-refractivity contribution in [2.45, 2.75) is 32.5 Å². The fourth-order valence-electron chi connectivity index (χ4n) is 4.34. The number of rotatable bonds is 10. The monoisotopic (exact) mass is 460 g/mol. The minimum absolute atomic E-state index is 0.184. The summed E-state index contributed by atoms with van der Waals surface area (Å²) in [5, 5.41) is 9.25. The quantitative estimate of drug-likeness (QED) is 0.458. The average Bonchev–Trinajstić information content (AvgIpc) is 2.87. The predicted molar refractivity (Wildman–Crippen MR) is 132 cm³/mol. The van der Waals surface area contributed by atoms with Gasteiger partial charge in [0.1, 0.15) is 24.7 Å². The molecule has 6 nitrogen and oxygen atoms in total. The second-order valence-corrected chi connectivity index (χ2v) is 8.49. The first-order valence-electron chi connectivity index (χ1n) is 11.8. The molecule has 1 aliphatic rings. The minimum Gasteiger partial charge on any atom is -0.492 e. The van der Waals surface area contributed by atoms with E-state index in [1.165, 1.54) is 16.0 Å². The number of hydrogen-bond donors (Lipinski definition) is 1. The first-order valence-corrected chi connectivity index (χ1v) is 11.8. The molecule has 1 aliphatic heterocycles. The fraction of sp³-hybridized carbons (Fsp3) is 0.321. The summed E-state index contributed by atoms with van der Waals surface area (Å²) in [6.07, 6.45) is -0.122. The van der Waals surface area contributed by atoms with E-state index in [9.17, 15) is 9.90 Å². The third-order valence-electron chi connectivity index (χ3n) is 6.21. The van der Waals surface area contributed by atoms with Gasteiger partial charge in [-0.25, -0.2) is 4.79 Å². The van der Waals surface area contributed by atoms with Gasteiger partial charge in [0, 0.05) is 31.2 Å². The lowest BCUT2D eigenvalue weighted by Gasteiger charge is -2.36. The van der Waals surface area contributed by atoms with Crippen molar-refractivity contribution < 1.29 is 19.4 Å². The van der Waals surface area contributed by atoms with Crippen LogP contribution in [0.5, 0.6) is 11.5 Å². The lowest BCUT2D eigenvalue weighted by molar-refractivity contribution is 0.104. The maximum Gasteiger partial charge on any atom is 0.407 e. The van der Waals surface area contributed by atoms with Crippen molar-refractivity contribution in [2.75, 3.05) is 26.3 Å². The molecule has 34 heavy (non-hydrogen) atoms. The SMILES string of the molecule is CCN(CCOc1cccc2c1C[C@H](N(Cc1ccccc1)Cc1ccccc1)CO2)C(=O)O. The molecule has 0 aliphatic carbocycles. The van der Waals surface area contributed by atoms with Crippen LogP contribution in [-0.2, 0) is 19.5 Å². The molecular weight excluding hydrogens is 428 g/mol. The third-order valence-corrected chi connectivity index (χ3v) is 6.21. The zero-order chi connectivity index (χ0) is 23.8. The van der Waals surface area contributed by atoms with E-state index >= 15 is 0 Å². The highest BCUT2D eigenvalue weighted by Crippen LogP contribution is 2.34. The van der Waals surface area contributed by atoms with Gasteiger partial charge in [-0.05, 0) is 36.6 Å². The van der Waals surface area contributed by atoms with Gasteiger partial charge in [-0.15, -0.1) is 0 Å². The van der Waals surface area contributed by atoms with Crippen LogP contribution in [0.3, 0.4) is 0 Å². The number of fused-ring (bicyclic) bond motifs is 1. The molecule has 0 aromatic heterocycles. The molecule has 0 spiro atoms. The van der Waals surface area contributed by atoms with Gasteiger partial charge < -0.3 is 19.5 Å². The lowest BCUT2D eigenvalue weighted by atomic mass is 9.99. The molecule has 1 N–H and O–H groups in total. The Kier molecular flexibility index (Phi) is 8.04. The molecule has 0 fully saturated rings. The van der Waals surface area contributed by atoms with E-state index in [0.29, 0.717) is 26.3 Å². The van der Waals surface area contributed by atoms with Gasteiger partial charge in [0.15, 0.2) is 0 Å². The predicted octanol–water partition coefficient (Wildman–Crippen LogP) is 5.07. The van der Waals surface area contributed by atoms with Crippen LogP contribution in [0.4, 0.5) is 4.79 Å². The van der Waals surface area contributed by atoms with Crippen molar-refractivity contribution in [1.29, 1.82) is 0 Å². The van der Waals surface area contributed by atoms with Crippen molar-refractivity contribution in [3.05, 3.63) is 95.6 Å². The highest BCUT2D eigenvalue weighted by Gasteiger charge is 2.28. The number of benzene rings is 3. The van der Waals surface area contributed by atoms with Gasteiger partial charge in [-0.1, -0.05) is 66.7 Å². The number of amides is 1. The molecule has 6 heteroatoms. The Morgan fingerprint density at radius 2 is 1.62 bits per heavy atom. The first kappa shape index (κ1) is 23.6. The van der Waals surface area contributed by atoms with Gasteiger partial charge in [0.25, 0.3) is 0 Å². The second kappa shape index (κ2) is 11.6. The van der Waals surface area contributed by atoms with E-state index in [0.717, 1.165) is 36.6 Å². The van der Waals surface area contributed by atoms with E-state index in [1.807, 2.05) is 37.3 Å². The minimum atomic E-state index is -0.929. The molecule has 3 aromatic carbocycles. The molecule has 1 heterocycles. The van der Waals surface area contributed by atoms with Gasteiger partial charge in [-0.2, -0.15) is 0 Å². The van der Waals surface area contributed by atoms with E-state index in [-0.39, 0.29) is 6.04 Å². The van der Waals surface area contributed by atoms with Gasteiger partial charge >= 0.3 is 6.09 Å². The molecule has 0 unspecified atom stereocenters. The maximum absolute atomic E-state index is 11.3. The largest absolute Gasteiger partial charge is 0.492 e.